The van der Waals surface area contributed by atoms with Crippen LogP contribution in [-0.4, -0.2) is 34.9 Å². The molecule has 0 saturated carbocycles. The van der Waals surface area contributed by atoms with Gasteiger partial charge in [-0.3, -0.25) is 9.59 Å². The Hall–Kier alpha value is -3.74. The first kappa shape index (κ1) is 19.0. The van der Waals surface area contributed by atoms with Crippen LogP contribution in [0.1, 0.15) is 17.3 Å². The molecule has 3 rings (SSSR count). The number of amides is 2. The summed E-state index contributed by atoms with van der Waals surface area (Å²) in [6.45, 7) is 2.11. The fraction of sp³-hybridized carbons (Fsp3) is 0.143. The predicted molar refractivity (Wildman–Crippen MR) is 106 cm³/mol. The van der Waals surface area contributed by atoms with Crippen LogP contribution in [0.4, 0.5) is 5.69 Å². The van der Waals surface area contributed by atoms with E-state index in [9.17, 15) is 9.59 Å². The van der Waals surface area contributed by atoms with Crippen LogP contribution in [0.5, 0.6) is 5.75 Å². The molecule has 0 fully saturated rings. The van der Waals surface area contributed by atoms with Crippen molar-refractivity contribution in [3.8, 4) is 17.1 Å². The van der Waals surface area contributed by atoms with Crippen LogP contribution in [0.15, 0.2) is 67.0 Å². The molecule has 0 radical (unpaired) electrons. The maximum atomic E-state index is 12.3. The average Bonchev–Trinajstić information content (AvgIpc) is 2.74. The van der Waals surface area contributed by atoms with Crippen molar-refractivity contribution in [3.63, 3.8) is 0 Å². The predicted octanol–water partition coefficient (Wildman–Crippen LogP) is 2.91. The van der Waals surface area contributed by atoms with Crippen molar-refractivity contribution in [2.24, 2.45) is 0 Å². The molecule has 0 atom stereocenters. The summed E-state index contributed by atoms with van der Waals surface area (Å²) in [4.78, 5) is 32.9. The quantitative estimate of drug-likeness (QED) is 0.661. The van der Waals surface area contributed by atoms with Crippen LogP contribution >= 0.6 is 0 Å². The summed E-state index contributed by atoms with van der Waals surface area (Å²) in [7, 11) is 0. The Bertz CT molecular complexity index is 943. The van der Waals surface area contributed by atoms with E-state index in [0.717, 1.165) is 5.56 Å². The first-order valence-electron chi connectivity index (χ1n) is 8.84. The fourth-order valence-electron chi connectivity index (χ4n) is 2.53. The summed E-state index contributed by atoms with van der Waals surface area (Å²) in [6.07, 6.45) is 3.05. The topological polar surface area (TPSA) is 93.2 Å². The zero-order valence-corrected chi connectivity index (χ0v) is 15.4. The van der Waals surface area contributed by atoms with E-state index in [4.69, 9.17) is 4.74 Å². The summed E-state index contributed by atoms with van der Waals surface area (Å²) in [6, 6.07) is 16.4. The van der Waals surface area contributed by atoms with E-state index in [0.29, 0.717) is 29.4 Å². The highest BCUT2D eigenvalue weighted by Gasteiger charge is 2.13. The molecule has 7 nitrogen and oxygen atoms in total. The average molecular weight is 376 g/mol. The number of para-hydroxylation sites is 1. The lowest BCUT2D eigenvalue weighted by Crippen LogP contribution is -2.33. The SMILES string of the molecule is CCOc1ccccc1C(=O)NCC(=O)Nc1cnc(-c2ccccc2)nc1. The highest BCUT2D eigenvalue weighted by atomic mass is 16.5. The number of hydrogen-bond donors (Lipinski definition) is 2. The number of ether oxygens (including phenoxy) is 1. The molecule has 0 bridgehead atoms. The first-order valence-corrected chi connectivity index (χ1v) is 8.84. The summed E-state index contributed by atoms with van der Waals surface area (Å²) >= 11 is 0. The zero-order chi connectivity index (χ0) is 19.8. The maximum Gasteiger partial charge on any atom is 0.255 e. The normalized spacial score (nSPS) is 10.2. The highest BCUT2D eigenvalue weighted by Crippen LogP contribution is 2.17. The highest BCUT2D eigenvalue weighted by molar-refractivity contribution is 6.00. The van der Waals surface area contributed by atoms with Gasteiger partial charge in [0.25, 0.3) is 5.91 Å². The molecule has 0 saturated heterocycles. The molecule has 1 aromatic heterocycles. The lowest BCUT2D eigenvalue weighted by Gasteiger charge is -2.10. The fourth-order valence-corrected chi connectivity index (χ4v) is 2.53. The molecule has 1 heterocycles. The molecule has 0 aliphatic heterocycles. The van der Waals surface area contributed by atoms with E-state index in [2.05, 4.69) is 20.6 Å². The third kappa shape index (κ3) is 4.91. The summed E-state index contributed by atoms with van der Waals surface area (Å²) in [5.74, 6) is 0.292. The van der Waals surface area contributed by atoms with E-state index < -0.39 is 0 Å². The molecule has 0 spiro atoms. The van der Waals surface area contributed by atoms with Gasteiger partial charge in [-0.2, -0.15) is 0 Å². The number of anilines is 1. The number of aromatic nitrogens is 2. The summed E-state index contributed by atoms with van der Waals surface area (Å²) in [5.41, 5.74) is 1.72. The number of carbonyl (C=O) groups is 2. The van der Waals surface area contributed by atoms with Gasteiger partial charge in [-0.1, -0.05) is 42.5 Å². The zero-order valence-electron chi connectivity index (χ0n) is 15.4. The Morgan fingerprint density at radius 2 is 1.64 bits per heavy atom. The largest absolute Gasteiger partial charge is 0.493 e. The van der Waals surface area contributed by atoms with Crippen LogP contribution in [0.2, 0.25) is 0 Å². The first-order chi connectivity index (χ1) is 13.7. The minimum Gasteiger partial charge on any atom is -0.493 e. The number of nitrogens with one attached hydrogen (secondary N) is 2. The van der Waals surface area contributed by atoms with Gasteiger partial charge in [0.05, 0.1) is 36.8 Å². The van der Waals surface area contributed by atoms with Crippen LogP contribution in [0.3, 0.4) is 0 Å². The number of benzene rings is 2. The van der Waals surface area contributed by atoms with E-state index >= 15 is 0 Å². The Morgan fingerprint density at radius 3 is 2.36 bits per heavy atom. The van der Waals surface area contributed by atoms with Gasteiger partial charge in [-0.25, -0.2) is 9.97 Å². The van der Waals surface area contributed by atoms with E-state index in [1.54, 1.807) is 24.3 Å². The molecule has 0 aliphatic rings. The molecule has 28 heavy (non-hydrogen) atoms. The van der Waals surface area contributed by atoms with Gasteiger partial charge in [-0.15, -0.1) is 0 Å². The van der Waals surface area contributed by atoms with Crippen molar-refractivity contribution in [1.29, 1.82) is 0 Å². The molecule has 142 valence electrons. The second-order valence-electron chi connectivity index (χ2n) is 5.82. The van der Waals surface area contributed by atoms with E-state index in [1.165, 1.54) is 12.4 Å². The van der Waals surface area contributed by atoms with Crippen molar-refractivity contribution in [2.45, 2.75) is 6.92 Å². The van der Waals surface area contributed by atoms with Crippen molar-refractivity contribution in [1.82, 2.24) is 15.3 Å². The number of rotatable bonds is 7. The number of nitrogens with zero attached hydrogens (tertiary/aromatic N) is 2. The second kappa shape index (κ2) is 9.27. The van der Waals surface area contributed by atoms with Gasteiger partial charge in [0, 0.05) is 5.56 Å². The Morgan fingerprint density at radius 1 is 0.964 bits per heavy atom. The third-order valence-corrected chi connectivity index (χ3v) is 3.81. The van der Waals surface area contributed by atoms with E-state index in [1.807, 2.05) is 37.3 Å². The Labute approximate surface area is 162 Å². The number of carbonyl (C=O) groups excluding carboxylic acids is 2. The molecule has 3 aromatic rings. The Kier molecular flexibility index (Phi) is 6.30. The molecule has 0 unspecified atom stereocenters. The standard InChI is InChI=1S/C21H20N4O3/c1-2-28-18-11-7-6-10-17(18)21(27)24-14-19(26)25-16-12-22-20(23-13-16)15-8-4-3-5-9-15/h3-13H,2,14H2,1H3,(H,24,27)(H,25,26). The summed E-state index contributed by atoms with van der Waals surface area (Å²) < 4.78 is 5.43. The van der Waals surface area contributed by atoms with Gasteiger partial charge in [0.2, 0.25) is 5.91 Å². The lowest BCUT2D eigenvalue weighted by molar-refractivity contribution is -0.115. The van der Waals surface area contributed by atoms with Gasteiger partial charge < -0.3 is 15.4 Å². The molecule has 2 amide bonds. The maximum absolute atomic E-state index is 12.3. The van der Waals surface area contributed by atoms with Crippen molar-refractivity contribution >= 4 is 17.5 Å². The second-order valence-corrected chi connectivity index (χ2v) is 5.82. The molecule has 7 heteroatoms. The lowest BCUT2D eigenvalue weighted by atomic mass is 10.2. The Balaban J connectivity index is 1.55. The summed E-state index contributed by atoms with van der Waals surface area (Å²) in [5, 5.41) is 5.24. The van der Waals surface area contributed by atoms with Crippen molar-refractivity contribution < 1.29 is 14.3 Å². The van der Waals surface area contributed by atoms with Crippen LogP contribution in [0, 0.1) is 0 Å². The van der Waals surface area contributed by atoms with Crippen molar-refractivity contribution in [3.05, 3.63) is 72.6 Å². The van der Waals surface area contributed by atoms with Gasteiger partial charge >= 0.3 is 0 Å². The van der Waals surface area contributed by atoms with Crippen molar-refractivity contribution in [2.75, 3.05) is 18.5 Å². The van der Waals surface area contributed by atoms with Crippen LogP contribution in [0.25, 0.3) is 11.4 Å². The van der Waals surface area contributed by atoms with Gasteiger partial charge in [-0.05, 0) is 19.1 Å². The van der Waals surface area contributed by atoms with Crippen LogP contribution in [-0.2, 0) is 4.79 Å². The molecular formula is C21H20N4O3. The smallest absolute Gasteiger partial charge is 0.255 e. The number of hydrogen-bond acceptors (Lipinski definition) is 5. The van der Waals surface area contributed by atoms with Gasteiger partial charge in [0.15, 0.2) is 5.82 Å². The molecule has 0 aliphatic carbocycles. The van der Waals surface area contributed by atoms with Crippen LogP contribution < -0.4 is 15.4 Å². The molecular weight excluding hydrogens is 356 g/mol. The minimum absolute atomic E-state index is 0.181. The monoisotopic (exact) mass is 376 g/mol. The molecule has 2 N–H and O–H groups in total. The minimum atomic E-state index is -0.380. The molecule has 2 aromatic carbocycles. The third-order valence-electron chi connectivity index (χ3n) is 3.81. The van der Waals surface area contributed by atoms with E-state index in [-0.39, 0.29) is 18.4 Å². The van der Waals surface area contributed by atoms with Gasteiger partial charge in [0.1, 0.15) is 5.75 Å².